The van der Waals surface area contributed by atoms with E-state index >= 15 is 0 Å². The van der Waals surface area contributed by atoms with E-state index in [1.54, 1.807) is 51.1 Å². The number of hydrogen-bond donors (Lipinski definition) is 0. The van der Waals surface area contributed by atoms with Crippen LogP contribution in [0, 0.1) is 10.8 Å². The quantitative estimate of drug-likeness (QED) is 0.112. The normalized spacial score (nSPS) is 12.8. The van der Waals surface area contributed by atoms with Gasteiger partial charge in [0.1, 0.15) is 17.2 Å². The number of benzene rings is 2. The molecule has 0 aliphatic heterocycles. The van der Waals surface area contributed by atoms with E-state index in [4.69, 9.17) is 14.2 Å². The zero-order chi connectivity index (χ0) is 33.0. The molecule has 43 heavy (non-hydrogen) atoms. The summed E-state index contributed by atoms with van der Waals surface area (Å²) in [6, 6.07) is 8.53. The molecule has 0 saturated carbocycles. The summed E-state index contributed by atoms with van der Waals surface area (Å²) in [7, 11) is 0. The molecule has 2 aromatic carbocycles. The maximum atomic E-state index is 13.3. The fourth-order valence-electron chi connectivity index (χ4n) is 4.14. The Morgan fingerprint density at radius 2 is 1.21 bits per heavy atom. The summed E-state index contributed by atoms with van der Waals surface area (Å²) < 4.78 is 18.0. The van der Waals surface area contributed by atoms with Crippen molar-refractivity contribution in [2.24, 2.45) is 10.8 Å². The molecule has 0 aliphatic carbocycles. The molecule has 0 atom stereocenters. The molecule has 0 heterocycles. The van der Waals surface area contributed by atoms with Gasteiger partial charge < -0.3 is 14.2 Å². The summed E-state index contributed by atoms with van der Waals surface area (Å²) in [5, 5.41) is 0. The lowest BCUT2D eigenvalue weighted by Crippen LogP contribution is -2.30. The van der Waals surface area contributed by atoms with Crippen molar-refractivity contribution in [2.75, 3.05) is 6.61 Å². The first-order valence-corrected chi connectivity index (χ1v) is 15.3. The first-order chi connectivity index (χ1) is 19.7. The smallest absolute Gasteiger partial charge is 0.316 e. The largest absolute Gasteiger partial charge is 0.493 e. The van der Waals surface area contributed by atoms with Gasteiger partial charge in [0, 0.05) is 22.3 Å². The van der Waals surface area contributed by atoms with E-state index in [0.717, 1.165) is 29.5 Å². The Morgan fingerprint density at radius 1 is 0.698 bits per heavy atom. The Morgan fingerprint density at radius 3 is 1.67 bits per heavy atom. The molecule has 236 valence electrons. The van der Waals surface area contributed by atoms with Gasteiger partial charge >= 0.3 is 11.9 Å². The minimum atomic E-state index is -0.696. The van der Waals surface area contributed by atoms with Crippen LogP contribution in [0.2, 0.25) is 0 Å². The number of carbonyl (C=O) groups excluding carboxylic acids is 3. The van der Waals surface area contributed by atoms with Crippen LogP contribution < -0.4 is 14.2 Å². The van der Waals surface area contributed by atoms with Gasteiger partial charge in [-0.3, -0.25) is 14.4 Å². The first kappa shape index (κ1) is 35.8. The van der Waals surface area contributed by atoms with Gasteiger partial charge in [0.2, 0.25) is 0 Å². The molecule has 2 rings (SSSR count). The molecule has 0 N–H and O–H groups in total. The van der Waals surface area contributed by atoms with Gasteiger partial charge in [0.25, 0.3) is 0 Å². The minimum absolute atomic E-state index is 0.202. The molecule has 0 saturated heterocycles. The zero-order valence-corrected chi connectivity index (χ0v) is 28.6. The number of ketones is 1. The number of carbonyl (C=O) groups is 3. The molecule has 0 radical (unpaired) electrons. The summed E-state index contributed by atoms with van der Waals surface area (Å²) in [5.41, 5.74) is 0.869. The van der Waals surface area contributed by atoms with Gasteiger partial charge in [-0.15, -0.1) is 0 Å². The predicted molar refractivity (Wildman–Crippen MR) is 174 cm³/mol. The van der Waals surface area contributed by atoms with E-state index in [1.807, 2.05) is 33.8 Å². The maximum absolute atomic E-state index is 13.3. The van der Waals surface area contributed by atoms with Crippen molar-refractivity contribution >= 4 is 23.8 Å². The third-order valence-electron chi connectivity index (χ3n) is 7.91. The van der Waals surface area contributed by atoms with Crippen molar-refractivity contribution in [1.29, 1.82) is 0 Å². The standard InChI is InChI=1S/C37H52O6/c1-14-36(10,11)27-23-25(19-22-28(38)24-17-20-26(21-18-24)42-32(39)34(4,5)6)30(41-16-3)29(37(12,13)15-2)31(27)43-33(40)35(7,8)9/h17-23H,14-16H2,1-13H3. The fraction of sp³-hybridized carbons (Fsp3) is 0.541. The minimum Gasteiger partial charge on any atom is -0.493 e. The lowest BCUT2D eigenvalue weighted by Gasteiger charge is -2.35. The van der Waals surface area contributed by atoms with Crippen LogP contribution in [0.25, 0.3) is 6.08 Å². The van der Waals surface area contributed by atoms with Crippen molar-refractivity contribution < 1.29 is 28.6 Å². The second-order valence-corrected chi connectivity index (χ2v) is 14.5. The number of rotatable bonds is 11. The summed E-state index contributed by atoms with van der Waals surface area (Å²) in [6.45, 7) is 25.9. The highest BCUT2D eigenvalue weighted by molar-refractivity contribution is 6.07. The number of allylic oxidation sites excluding steroid dienone is 1. The lowest BCUT2D eigenvalue weighted by atomic mass is 9.74. The maximum Gasteiger partial charge on any atom is 0.316 e. The van der Waals surface area contributed by atoms with Crippen LogP contribution in [0.1, 0.15) is 130 Å². The number of ether oxygens (including phenoxy) is 3. The molecular weight excluding hydrogens is 540 g/mol. The van der Waals surface area contributed by atoms with Crippen LogP contribution in [0.4, 0.5) is 0 Å². The van der Waals surface area contributed by atoms with Gasteiger partial charge in [-0.05, 0) is 115 Å². The highest BCUT2D eigenvalue weighted by Gasteiger charge is 2.37. The second-order valence-electron chi connectivity index (χ2n) is 14.5. The van der Waals surface area contributed by atoms with E-state index in [1.165, 1.54) is 6.08 Å². The SMILES string of the molecule is CCOc1c(C=CC(=O)c2ccc(OC(=O)C(C)(C)C)cc2)cc(C(C)(C)CC)c(OC(=O)C(C)(C)C)c1C(C)(C)CC. The van der Waals surface area contributed by atoms with Crippen molar-refractivity contribution in [2.45, 2.75) is 114 Å². The van der Waals surface area contributed by atoms with E-state index < -0.39 is 16.2 Å². The molecule has 0 aliphatic rings. The van der Waals surface area contributed by atoms with Crippen LogP contribution in [0.3, 0.4) is 0 Å². The third-order valence-corrected chi connectivity index (χ3v) is 7.91. The number of esters is 2. The molecule has 0 aromatic heterocycles. The van der Waals surface area contributed by atoms with Gasteiger partial charge in [-0.25, -0.2) is 0 Å². The fourth-order valence-corrected chi connectivity index (χ4v) is 4.14. The summed E-state index contributed by atoms with van der Waals surface area (Å²) in [6.07, 6.45) is 4.89. The lowest BCUT2D eigenvalue weighted by molar-refractivity contribution is -0.143. The Bertz CT molecular complexity index is 1350. The van der Waals surface area contributed by atoms with E-state index in [0.29, 0.717) is 29.4 Å². The summed E-state index contributed by atoms with van der Waals surface area (Å²) in [4.78, 5) is 38.8. The van der Waals surface area contributed by atoms with Gasteiger partial charge in [-0.1, -0.05) is 41.5 Å². The highest BCUT2D eigenvalue weighted by atomic mass is 16.5. The van der Waals surface area contributed by atoms with Gasteiger partial charge in [-0.2, -0.15) is 0 Å². The van der Waals surface area contributed by atoms with Gasteiger partial charge in [0.15, 0.2) is 5.78 Å². The topological polar surface area (TPSA) is 78.9 Å². The zero-order valence-electron chi connectivity index (χ0n) is 28.6. The summed E-state index contributed by atoms with van der Waals surface area (Å²) >= 11 is 0. The van der Waals surface area contributed by atoms with E-state index in [-0.39, 0.29) is 23.1 Å². The van der Waals surface area contributed by atoms with Crippen LogP contribution in [0.5, 0.6) is 17.2 Å². The average Bonchev–Trinajstić information content (AvgIpc) is 2.91. The molecule has 0 fully saturated rings. The Labute approximate surface area is 259 Å². The predicted octanol–water partition coefficient (Wildman–Crippen LogP) is 9.26. The van der Waals surface area contributed by atoms with Crippen molar-refractivity contribution in [1.82, 2.24) is 0 Å². The number of hydrogen-bond acceptors (Lipinski definition) is 6. The molecule has 0 spiro atoms. The molecule has 6 heteroatoms. The first-order valence-electron chi connectivity index (χ1n) is 15.3. The van der Waals surface area contributed by atoms with Crippen LogP contribution in [-0.4, -0.2) is 24.3 Å². The molecular formula is C37H52O6. The molecule has 2 aromatic rings. The van der Waals surface area contributed by atoms with E-state index in [2.05, 4.69) is 41.5 Å². The van der Waals surface area contributed by atoms with Crippen LogP contribution in [0.15, 0.2) is 36.4 Å². The molecule has 0 unspecified atom stereocenters. The van der Waals surface area contributed by atoms with Crippen LogP contribution in [-0.2, 0) is 20.4 Å². The monoisotopic (exact) mass is 592 g/mol. The van der Waals surface area contributed by atoms with Crippen molar-refractivity contribution in [3.05, 3.63) is 58.7 Å². The van der Waals surface area contributed by atoms with Crippen molar-refractivity contribution in [3.8, 4) is 17.2 Å². The average molecular weight is 593 g/mol. The Hall–Kier alpha value is -3.41. The van der Waals surface area contributed by atoms with Gasteiger partial charge in [0.05, 0.1) is 17.4 Å². The second kappa shape index (κ2) is 13.5. The molecule has 6 nitrogen and oxygen atoms in total. The van der Waals surface area contributed by atoms with Crippen LogP contribution >= 0.6 is 0 Å². The Kier molecular flexibility index (Phi) is 11.2. The summed E-state index contributed by atoms with van der Waals surface area (Å²) in [5.74, 6) is 0.681. The van der Waals surface area contributed by atoms with Crippen molar-refractivity contribution in [3.63, 3.8) is 0 Å². The van der Waals surface area contributed by atoms with E-state index in [9.17, 15) is 14.4 Å². The highest BCUT2D eigenvalue weighted by Crippen LogP contribution is 2.49. The molecule has 0 amide bonds. The Balaban J connectivity index is 2.72. The third kappa shape index (κ3) is 8.81. The molecule has 0 bridgehead atoms.